The summed E-state index contributed by atoms with van der Waals surface area (Å²) in [5.74, 6) is 0.808. The molecule has 0 amide bonds. The van der Waals surface area contributed by atoms with Crippen molar-refractivity contribution < 1.29 is 24.5 Å². The fourth-order valence-corrected chi connectivity index (χ4v) is 3.22. The molecule has 4 aromatic rings. The summed E-state index contributed by atoms with van der Waals surface area (Å²) in [5, 5.41) is 0. The number of rotatable bonds is 2. The van der Waals surface area contributed by atoms with Crippen LogP contribution in [-0.4, -0.2) is 14.5 Å². The van der Waals surface area contributed by atoms with Crippen molar-refractivity contribution in [3.8, 4) is 17.1 Å². The average molecular weight is 495 g/mol. The number of imidazole rings is 1. The smallest absolute Gasteiger partial charge is 0.169 e. The van der Waals surface area contributed by atoms with Gasteiger partial charge in [-0.3, -0.25) is 4.98 Å². The van der Waals surface area contributed by atoms with E-state index in [1.165, 1.54) is 23.1 Å². The van der Waals surface area contributed by atoms with Gasteiger partial charge in [-0.1, -0.05) is 23.3 Å². The van der Waals surface area contributed by atoms with Gasteiger partial charge in [0.1, 0.15) is 0 Å². The van der Waals surface area contributed by atoms with Gasteiger partial charge in [-0.15, -0.1) is 18.2 Å². The van der Waals surface area contributed by atoms with Crippen LogP contribution >= 0.6 is 0 Å². The van der Waals surface area contributed by atoms with E-state index in [1.807, 2.05) is 18.3 Å². The Labute approximate surface area is 153 Å². The minimum Gasteiger partial charge on any atom is -0.490 e. The molecule has 0 saturated heterocycles. The third-order valence-corrected chi connectivity index (χ3v) is 4.03. The van der Waals surface area contributed by atoms with Crippen LogP contribution in [0.4, 0.5) is 0 Å². The van der Waals surface area contributed by atoms with E-state index < -0.39 is 0 Å². The molecule has 0 atom stereocenters. The summed E-state index contributed by atoms with van der Waals surface area (Å²) < 4.78 is 7.64. The predicted octanol–water partition coefficient (Wildman–Crippen LogP) is 4.40. The van der Waals surface area contributed by atoms with E-state index in [0.717, 1.165) is 22.6 Å². The molecule has 1 radical (unpaired) electrons. The van der Waals surface area contributed by atoms with Crippen molar-refractivity contribution in [3.63, 3.8) is 0 Å². The third-order valence-electron chi connectivity index (χ3n) is 4.03. The molecule has 0 aliphatic carbocycles. The quantitative estimate of drug-likeness (QED) is 0.388. The zero-order valence-electron chi connectivity index (χ0n) is 13.6. The van der Waals surface area contributed by atoms with E-state index in [-0.39, 0.29) is 20.1 Å². The summed E-state index contributed by atoms with van der Waals surface area (Å²) in [5.41, 5.74) is 7.18. The second kappa shape index (κ2) is 6.34. The van der Waals surface area contributed by atoms with Gasteiger partial charge in [0.25, 0.3) is 0 Å². The SMILES string of the molecule is Cc1cc(C)c(-n2ccnc2-c2[c-]ccc3ncoc23)c(C)c1.[Ir]. The van der Waals surface area contributed by atoms with E-state index in [9.17, 15) is 0 Å². The predicted molar refractivity (Wildman–Crippen MR) is 89.6 cm³/mol. The van der Waals surface area contributed by atoms with Gasteiger partial charge in [-0.05, 0) is 31.9 Å². The minimum atomic E-state index is 0. The molecule has 0 N–H and O–H groups in total. The third kappa shape index (κ3) is 2.60. The summed E-state index contributed by atoms with van der Waals surface area (Å²) in [6.45, 7) is 6.36. The minimum absolute atomic E-state index is 0. The zero-order valence-corrected chi connectivity index (χ0v) is 16.0. The van der Waals surface area contributed by atoms with Crippen LogP contribution < -0.4 is 0 Å². The number of aromatic nitrogens is 3. The van der Waals surface area contributed by atoms with Gasteiger partial charge in [0.2, 0.25) is 0 Å². The molecule has 0 fully saturated rings. The Bertz CT molecular complexity index is 993. The van der Waals surface area contributed by atoms with Crippen molar-refractivity contribution in [1.82, 2.24) is 14.5 Å². The maximum atomic E-state index is 5.55. The second-order valence-corrected chi connectivity index (χ2v) is 5.79. The first-order chi connectivity index (χ1) is 11.1. The van der Waals surface area contributed by atoms with E-state index in [2.05, 4.69) is 53.5 Å². The molecule has 0 aliphatic rings. The summed E-state index contributed by atoms with van der Waals surface area (Å²) in [7, 11) is 0. The van der Waals surface area contributed by atoms with Crippen molar-refractivity contribution in [2.24, 2.45) is 0 Å². The first-order valence-electron chi connectivity index (χ1n) is 7.51. The fourth-order valence-electron chi connectivity index (χ4n) is 3.22. The molecule has 2 aromatic heterocycles. The van der Waals surface area contributed by atoms with Crippen LogP contribution in [0.3, 0.4) is 0 Å². The van der Waals surface area contributed by atoms with Crippen molar-refractivity contribution in [3.05, 3.63) is 65.8 Å². The zero-order chi connectivity index (χ0) is 16.0. The molecular weight excluding hydrogens is 478 g/mol. The van der Waals surface area contributed by atoms with Gasteiger partial charge in [0, 0.05) is 43.7 Å². The Morgan fingerprint density at radius 1 is 1.08 bits per heavy atom. The first kappa shape index (κ1) is 16.6. The van der Waals surface area contributed by atoms with Gasteiger partial charge in [-0.25, -0.2) is 4.98 Å². The van der Waals surface area contributed by atoms with Crippen LogP contribution in [-0.2, 0) is 20.1 Å². The first-order valence-corrected chi connectivity index (χ1v) is 7.51. The largest absolute Gasteiger partial charge is 0.490 e. The fraction of sp³-hybridized carbons (Fsp3) is 0.158. The van der Waals surface area contributed by atoms with Gasteiger partial charge in [0.05, 0.1) is 11.4 Å². The molecule has 5 heteroatoms. The molecule has 4 nitrogen and oxygen atoms in total. The molecule has 123 valence electrons. The number of hydrogen-bond donors (Lipinski definition) is 0. The van der Waals surface area contributed by atoms with Gasteiger partial charge >= 0.3 is 0 Å². The van der Waals surface area contributed by atoms with Crippen molar-refractivity contribution in [1.29, 1.82) is 0 Å². The van der Waals surface area contributed by atoms with Crippen LogP contribution in [0.2, 0.25) is 0 Å². The summed E-state index contributed by atoms with van der Waals surface area (Å²) in [6, 6.07) is 11.4. The van der Waals surface area contributed by atoms with Gasteiger partial charge < -0.3 is 8.98 Å². The molecule has 0 saturated carbocycles. The summed E-state index contributed by atoms with van der Waals surface area (Å²) in [6.07, 6.45) is 5.23. The van der Waals surface area contributed by atoms with Crippen molar-refractivity contribution in [2.45, 2.75) is 20.8 Å². The molecule has 4 rings (SSSR count). The monoisotopic (exact) mass is 495 g/mol. The Morgan fingerprint density at radius 3 is 2.58 bits per heavy atom. The maximum absolute atomic E-state index is 5.55. The Morgan fingerprint density at radius 2 is 1.83 bits per heavy atom. The van der Waals surface area contributed by atoms with Gasteiger partial charge in [0.15, 0.2) is 6.39 Å². The molecule has 0 aliphatic heterocycles. The standard InChI is InChI=1S/C19H16N3O.Ir/c1-12-9-13(2)17(14(3)10-12)22-8-7-20-19(22)15-5-4-6-16-18(15)23-11-21-16;/h4,6-11H,1-3H3;/q-1;. The van der Waals surface area contributed by atoms with E-state index in [0.29, 0.717) is 5.58 Å². The second-order valence-electron chi connectivity index (χ2n) is 5.79. The number of fused-ring (bicyclic) bond motifs is 1. The van der Waals surface area contributed by atoms with E-state index in [1.54, 1.807) is 6.20 Å². The Kier molecular flexibility index (Phi) is 4.39. The average Bonchev–Trinajstić information content (AvgIpc) is 3.14. The van der Waals surface area contributed by atoms with Crippen LogP contribution in [0.5, 0.6) is 0 Å². The van der Waals surface area contributed by atoms with E-state index in [4.69, 9.17) is 4.42 Å². The summed E-state index contributed by atoms with van der Waals surface area (Å²) in [4.78, 5) is 8.76. The number of nitrogens with zero attached hydrogens (tertiary/aromatic N) is 3. The number of aryl methyl sites for hydroxylation is 3. The van der Waals surface area contributed by atoms with Crippen LogP contribution in [0.25, 0.3) is 28.2 Å². The number of benzene rings is 2. The van der Waals surface area contributed by atoms with Crippen molar-refractivity contribution >= 4 is 11.1 Å². The van der Waals surface area contributed by atoms with Gasteiger partial charge in [-0.2, -0.15) is 0 Å². The molecule has 0 unspecified atom stereocenters. The molecule has 24 heavy (non-hydrogen) atoms. The topological polar surface area (TPSA) is 43.9 Å². The number of hydrogen-bond acceptors (Lipinski definition) is 3. The molecular formula is C19H16IrN3O-. The number of oxazole rings is 1. The normalized spacial score (nSPS) is 10.8. The van der Waals surface area contributed by atoms with Crippen molar-refractivity contribution in [2.75, 3.05) is 0 Å². The van der Waals surface area contributed by atoms with Crippen LogP contribution in [0.1, 0.15) is 16.7 Å². The Hall–Kier alpha value is -2.23. The van der Waals surface area contributed by atoms with E-state index >= 15 is 0 Å². The van der Waals surface area contributed by atoms with Crippen LogP contribution in [0.15, 0.2) is 47.5 Å². The molecule has 0 bridgehead atoms. The Balaban J connectivity index is 0.00000169. The molecule has 2 heterocycles. The molecule has 2 aromatic carbocycles. The van der Waals surface area contributed by atoms with Crippen LogP contribution in [0, 0.1) is 26.8 Å². The molecule has 0 spiro atoms. The summed E-state index contributed by atoms with van der Waals surface area (Å²) >= 11 is 0. The maximum Gasteiger partial charge on any atom is 0.169 e.